The molecule has 25 heavy (non-hydrogen) atoms. The zero-order valence-corrected chi connectivity index (χ0v) is 16.3. The maximum atomic E-state index is 5.40. The Hall–Kier alpha value is -2.28. The molecule has 1 heterocycles. The van der Waals surface area contributed by atoms with E-state index in [-0.39, 0.29) is 0 Å². The molecule has 2 aromatic rings. The van der Waals surface area contributed by atoms with E-state index in [1.807, 2.05) is 36.7 Å². The maximum Gasteiger partial charge on any atom is 0.170 e. The summed E-state index contributed by atoms with van der Waals surface area (Å²) in [4.78, 5) is 0. The first-order valence-corrected chi connectivity index (χ1v) is 8.70. The summed E-state index contributed by atoms with van der Waals surface area (Å²) in [5.41, 5.74) is 4.16. The first kappa shape index (κ1) is 19.1. The molecule has 0 amide bonds. The zero-order chi connectivity index (χ0) is 18.4. The highest BCUT2D eigenvalue weighted by Crippen LogP contribution is 2.27. The van der Waals surface area contributed by atoms with Crippen LogP contribution in [0.4, 0.5) is 5.69 Å². The van der Waals surface area contributed by atoms with Gasteiger partial charge < -0.3 is 20.1 Å². The lowest BCUT2D eigenvalue weighted by atomic mass is 10.1. The number of anilines is 1. The lowest BCUT2D eigenvalue weighted by Crippen LogP contribution is -2.30. The lowest BCUT2D eigenvalue weighted by Gasteiger charge is -2.12. The maximum absolute atomic E-state index is 5.40. The molecule has 1 aromatic heterocycles. The molecular weight excluding hydrogens is 336 g/mol. The number of ether oxygens (including phenoxy) is 2. The van der Waals surface area contributed by atoms with Crippen LogP contribution in [0.1, 0.15) is 23.9 Å². The number of nitrogens with one attached hydrogen (secondary N) is 2. The smallest absolute Gasteiger partial charge is 0.170 e. The van der Waals surface area contributed by atoms with Gasteiger partial charge in [-0.1, -0.05) is 6.07 Å². The third-order valence-electron chi connectivity index (χ3n) is 4.07. The van der Waals surface area contributed by atoms with E-state index >= 15 is 0 Å². The van der Waals surface area contributed by atoms with E-state index in [4.69, 9.17) is 21.7 Å². The zero-order valence-electron chi connectivity index (χ0n) is 15.5. The van der Waals surface area contributed by atoms with E-state index in [1.54, 1.807) is 14.2 Å². The monoisotopic (exact) mass is 362 g/mol. The second-order valence-electron chi connectivity index (χ2n) is 5.68. The Labute approximate surface area is 154 Å². The van der Waals surface area contributed by atoms with Gasteiger partial charge in [-0.2, -0.15) is 5.10 Å². The van der Waals surface area contributed by atoms with Gasteiger partial charge in [0.2, 0.25) is 0 Å². The second kappa shape index (κ2) is 8.71. The van der Waals surface area contributed by atoms with Crippen molar-refractivity contribution in [3.8, 4) is 11.5 Å². The van der Waals surface area contributed by atoms with Gasteiger partial charge >= 0.3 is 0 Å². The number of aryl methyl sites for hydroxylation is 2. The topological polar surface area (TPSA) is 60.3 Å². The van der Waals surface area contributed by atoms with Crippen molar-refractivity contribution in [3.05, 3.63) is 35.2 Å². The average molecular weight is 362 g/mol. The van der Waals surface area contributed by atoms with Crippen molar-refractivity contribution >= 4 is 23.0 Å². The van der Waals surface area contributed by atoms with Gasteiger partial charge in [-0.3, -0.25) is 4.68 Å². The molecule has 0 saturated carbocycles. The van der Waals surface area contributed by atoms with E-state index < -0.39 is 0 Å². The van der Waals surface area contributed by atoms with Crippen LogP contribution in [0.25, 0.3) is 0 Å². The minimum Gasteiger partial charge on any atom is -0.493 e. The van der Waals surface area contributed by atoms with Gasteiger partial charge in [0.1, 0.15) is 0 Å². The molecule has 0 fully saturated rings. The van der Waals surface area contributed by atoms with Gasteiger partial charge in [0.05, 0.1) is 31.3 Å². The Bertz CT molecular complexity index is 743. The molecule has 7 heteroatoms. The Morgan fingerprint density at radius 3 is 2.52 bits per heavy atom. The summed E-state index contributed by atoms with van der Waals surface area (Å²) in [5, 5.41) is 11.6. The van der Waals surface area contributed by atoms with Gasteiger partial charge in [0.25, 0.3) is 0 Å². The number of hydrogen-bond donors (Lipinski definition) is 2. The van der Waals surface area contributed by atoms with Gasteiger partial charge in [-0.05, 0) is 57.1 Å². The van der Waals surface area contributed by atoms with E-state index in [0.29, 0.717) is 5.11 Å². The Morgan fingerprint density at radius 1 is 1.20 bits per heavy atom. The highest BCUT2D eigenvalue weighted by molar-refractivity contribution is 7.80. The van der Waals surface area contributed by atoms with Crippen LogP contribution >= 0.6 is 12.2 Å². The quantitative estimate of drug-likeness (QED) is 0.738. The van der Waals surface area contributed by atoms with Crippen LogP contribution in [-0.2, 0) is 13.0 Å². The number of aromatic nitrogens is 2. The summed E-state index contributed by atoms with van der Waals surface area (Å²) in [7, 11) is 3.27. The summed E-state index contributed by atoms with van der Waals surface area (Å²) in [6, 6.07) is 5.92. The number of hydrogen-bond acceptors (Lipinski definition) is 4. The van der Waals surface area contributed by atoms with Crippen LogP contribution < -0.4 is 20.1 Å². The fraction of sp³-hybridized carbons (Fsp3) is 0.444. The standard InChI is InChI=1S/C18H26N4O2S/c1-6-22-13(3)17(12(2)21-22)20-18(25)19-10-9-14-7-8-15(23-4)16(11-14)24-5/h7-8,11H,6,9-10H2,1-5H3,(H2,19,20,25). The van der Waals surface area contributed by atoms with Crippen LogP contribution in [0.5, 0.6) is 11.5 Å². The predicted octanol–water partition coefficient (Wildman–Crippen LogP) is 3.07. The van der Waals surface area contributed by atoms with Crippen molar-refractivity contribution in [3.63, 3.8) is 0 Å². The normalized spacial score (nSPS) is 10.4. The number of rotatable bonds is 7. The van der Waals surface area contributed by atoms with Gasteiger partial charge in [0, 0.05) is 13.1 Å². The third-order valence-corrected chi connectivity index (χ3v) is 4.31. The van der Waals surface area contributed by atoms with Crippen molar-refractivity contribution in [1.82, 2.24) is 15.1 Å². The van der Waals surface area contributed by atoms with Crippen molar-refractivity contribution in [2.45, 2.75) is 33.7 Å². The minimum absolute atomic E-state index is 0.599. The third kappa shape index (κ3) is 4.63. The minimum atomic E-state index is 0.599. The van der Waals surface area contributed by atoms with Crippen molar-refractivity contribution in [2.75, 3.05) is 26.1 Å². The van der Waals surface area contributed by atoms with Crippen LogP contribution in [0.2, 0.25) is 0 Å². The molecule has 0 aliphatic rings. The molecule has 1 aromatic carbocycles. The first-order valence-electron chi connectivity index (χ1n) is 8.29. The first-order chi connectivity index (χ1) is 12.0. The molecule has 0 atom stereocenters. The highest BCUT2D eigenvalue weighted by Gasteiger charge is 2.11. The van der Waals surface area contributed by atoms with Crippen LogP contribution in [0.3, 0.4) is 0 Å². The molecule has 2 N–H and O–H groups in total. The van der Waals surface area contributed by atoms with Crippen LogP contribution in [-0.4, -0.2) is 35.7 Å². The van der Waals surface area contributed by atoms with Crippen molar-refractivity contribution in [2.24, 2.45) is 0 Å². The van der Waals surface area contributed by atoms with E-state index in [2.05, 4.69) is 22.7 Å². The molecule has 6 nitrogen and oxygen atoms in total. The average Bonchev–Trinajstić information content (AvgIpc) is 2.89. The summed E-state index contributed by atoms with van der Waals surface area (Å²) < 4.78 is 12.5. The summed E-state index contributed by atoms with van der Waals surface area (Å²) in [6.45, 7) is 7.66. The van der Waals surface area contributed by atoms with Crippen LogP contribution in [0, 0.1) is 13.8 Å². The number of nitrogens with zero attached hydrogens (tertiary/aromatic N) is 2. The molecule has 2 rings (SSSR count). The molecule has 0 radical (unpaired) electrons. The highest BCUT2D eigenvalue weighted by atomic mass is 32.1. The molecule has 0 aliphatic carbocycles. The number of methoxy groups -OCH3 is 2. The molecule has 0 aliphatic heterocycles. The van der Waals surface area contributed by atoms with Crippen molar-refractivity contribution in [1.29, 1.82) is 0 Å². The van der Waals surface area contributed by atoms with Gasteiger partial charge in [-0.25, -0.2) is 0 Å². The van der Waals surface area contributed by atoms with Gasteiger partial charge in [0.15, 0.2) is 16.6 Å². The summed E-state index contributed by atoms with van der Waals surface area (Å²) in [5.74, 6) is 1.47. The molecule has 0 unspecified atom stereocenters. The molecule has 0 bridgehead atoms. The Kier molecular flexibility index (Phi) is 6.64. The fourth-order valence-corrected chi connectivity index (χ4v) is 2.90. The summed E-state index contributed by atoms with van der Waals surface area (Å²) in [6.07, 6.45) is 0.828. The molecule has 0 saturated heterocycles. The van der Waals surface area contributed by atoms with Crippen LogP contribution in [0.15, 0.2) is 18.2 Å². The van der Waals surface area contributed by atoms with E-state index in [1.165, 1.54) is 0 Å². The Morgan fingerprint density at radius 2 is 1.92 bits per heavy atom. The summed E-state index contributed by atoms with van der Waals surface area (Å²) >= 11 is 5.40. The lowest BCUT2D eigenvalue weighted by molar-refractivity contribution is 0.354. The van der Waals surface area contributed by atoms with E-state index in [0.717, 1.165) is 53.6 Å². The number of benzene rings is 1. The van der Waals surface area contributed by atoms with Crippen molar-refractivity contribution < 1.29 is 9.47 Å². The molecule has 136 valence electrons. The molecule has 0 spiro atoms. The van der Waals surface area contributed by atoms with E-state index in [9.17, 15) is 0 Å². The fourth-order valence-electron chi connectivity index (χ4n) is 2.70. The predicted molar refractivity (Wildman–Crippen MR) is 105 cm³/mol. The van der Waals surface area contributed by atoms with Gasteiger partial charge in [-0.15, -0.1) is 0 Å². The molecular formula is C18H26N4O2S. The second-order valence-corrected chi connectivity index (χ2v) is 6.09. The Balaban J connectivity index is 1.90. The largest absolute Gasteiger partial charge is 0.493 e. The number of thiocarbonyl (C=S) groups is 1. The SMILES string of the molecule is CCn1nc(C)c(NC(=S)NCCc2ccc(OC)c(OC)c2)c1C.